The predicted molar refractivity (Wildman–Crippen MR) is 124 cm³/mol. The Morgan fingerprint density at radius 3 is 2.69 bits per heavy atom. The van der Waals surface area contributed by atoms with Crippen LogP contribution in [0.25, 0.3) is 0 Å². The van der Waals surface area contributed by atoms with Crippen LogP contribution in [0.5, 0.6) is 0 Å². The van der Waals surface area contributed by atoms with E-state index in [0.29, 0.717) is 29.4 Å². The first-order chi connectivity index (χ1) is 15.0. The number of carbonyl (C=O) groups is 1. The fraction of sp³-hybridized carbons (Fsp3) is 0.409. The van der Waals surface area contributed by atoms with Crippen molar-refractivity contribution in [3.8, 4) is 0 Å². The number of sulfone groups is 1. The minimum Gasteiger partial charge on any atom is -0.307 e. The Morgan fingerprint density at radius 1 is 1.28 bits per heavy atom. The van der Waals surface area contributed by atoms with Gasteiger partial charge in [0.25, 0.3) is 5.91 Å². The zero-order chi connectivity index (χ0) is 23.1. The van der Waals surface area contributed by atoms with E-state index < -0.39 is 9.84 Å². The Kier molecular flexibility index (Phi) is 5.89. The molecular formula is C22H26ClN5O3S. The summed E-state index contributed by atoms with van der Waals surface area (Å²) in [5.74, 6) is 0.306. The molecule has 1 unspecified atom stereocenters. The molecule has 0 spiro atoms. The average Bonchev–Trinajstić information content (AvgIpc) is 3.41. The minimum atomic E-state index is -3.09. The molecule has 1 atom stereocenters. The lowest BCUT2D eigenvalue weighted by atomic mass is 9.92. The van der Waals surface area contributed by atoms with Gasteiger partial charge in [0.2, 0.25) is 0 Å². The number of nitrogens with zero attached hydrogens (tertiary/aromatic N) is 4. The van der Waals surface area contributed by atoms with Gasteiger partial charge in [-0.3, -0.25) is 9.48 Å². The molecule has 1 fully saturated rings. The van der Waals surface area contributed by atoms with Crippen LogP contribution in [0.3, 0.4) is 0 Å². The number of benzene rings is 1. The molecule has 3 aromatic rings. The van der Waals surface area contributed by atoms with Crippen molar-refractivity contribution < 1.29 is 13.2 Å². The maximum atomic E-state index is 13.0. The predicted octanol–water partition coefficient (Wildman–Crippen LogP) is 3.69. The van der Waals surface area contributed by atoms with Crippen molar-refractivity contribution in [3.63, 3.8) is 0 Å². The number of nitrogens with one attached hydrogen (secondary N) is 1. The van der Waals surface area contributed by atoms with Gasteiger partial charge < -0.3 is 5.32 Å². The fourth-order valence-electron chi connectivity index (χ4n) is 3.66. The van der Waals surface area contributed by atoms with Crippen LogP contribution in [-0.4, -0.2) is 45.4 Å². The number of rotatable bonds is 5. The zero-order valence-electron chi connectivity index (χ0n) is 18.2. The molecule has 0 bridgehead atoms. The lowest BCUT2D eigenvalue weighted by Crippen LogP contribution is -2.20. The molecular weight excluding hydrogens is 450 g/mol. The third-order valence-electron chi connectivity index (χ3n) is 5.49. The lowest BCUT2D eigenvalue weighted by Gasteiger charge is -2.15. The van der Waals surface area contributed by atoms with Crippen molar-refractivity contribution >= 4 is 33.2 Å². The van der Waals surface area contributed by atoms with E-state index in [1.54, 1.807) is 15.6 Å². The van der Waals surface area contributed by atoms with E-state index in [9.17, 15) is 13.2 Å². The smallest absolute Gasteiger partial charge is 0.259 e. The van der Waals surface area contributed by atoms with E-state index in [0.717, 1.165) is 11.3 Å². The number of anilines is 1. The highest BCUT2D eigenvalue weighted by atomic mass is 35.5. The van der Waals surface area contributed by atoms with Crippen LogP contribution in [0.2, 0.25) is 5.02 Å². The number of amides is 1. The molecule has 4 rings (SSSR count). The van der Waals surface area contributed by atoms with Crippen molar-refractivity contribution in [3.05, 3.63) is 64.6 Å². The van der Waals surface area contributed by atoms with Gasteiger partial charge in [0.15, 0.2) is 9.84 Å². The highest BCUT2D eigenvalue weighted by molar-refractivity contribution is 7.91. The van der Waals surface area contributed by atoms with Gasteiger partial charge in [-0.15, -0.1) is 0 Å². The summed E-state index contributed by atoms with van der Waals surface area (Å²) in [6.07, 6.45) is 3.63. The van der Waals surface area contributed by atoms with E-state index in [2.05, 4.69) is 15.5 Å². The second kappa shape index (κ2) is 8.37. The summed E-state index contributed by atoms with van der Waals surface area (Å²) in [4.78, 5) is 13.0. The molecule has 1 amide bonds. The molecule has 170 valence electrons. The SMILES string of the molecule is CC(C)(C)c1cc(NC(=O)c2cnn(Cc3ccccc3Cl)c2)n(C2CCS(=O)(=O)C2)n1. The van der Waals surface area contributed by atoms with Gasteiger partial charge in [0.1, 0.15) is 5.82 Å². The van der Waals surface area contributed by atoms with Crippen LogP contribution < -0.4 is 5.32 Å². The Bertz CT molecular complexity index is 1260. The van der Waals surface area contributed by atoms with Crippen LogP contribution in [0.4, 0.5) is 5.82 Å². The summed E-state index contributed by atoms with van der Waals surface area (Å²) < 4.78 is 27.3. The second-order valence-corrected chi connectivity index (χ2v) is 11.8. The van der Waals surface area contributed by atoms with E-state index in [-0.39, 0.29) is 28.9 Å². The maximum Gasteiger partial charge on any atom is 0.259 e. The van der Waals surface area contributed by atoms with Gasteiger partial charge in [0.05, 0.1) is 41.5 Å². The number of aromatic nitrogens is 4. The third kappa shape index (κ3) is 4.88. The molecule has 0 radical (unpaired) electrons. The van der Waals surface area contributed by atoms with Gasteiger partial charge in [-0.2, -0.15) is 10.2 Å². The van der Waals surface area contributed by atoms with Gasteiger partial charge in [0, 0.05) is 22.7 Å². The highest BCUT2D eigenvalue weighted by Gasteiger charge is 2.33. The Balaban J connectivity index is 1.56. The first kappa shape index (κ1) is 22.5. The average molecular weight is 476 g/mol. The summed E-state index contributed by atoms with van der Waals surface area (Å²) in [5, 5.41) is 12.5. The number of carbonyl (C=O) groups excluding carboxylic acids is 1. The molecule has 1 saturated heterocycles. The molecule has 3 heterocycles. The lowest BCUT2D eigenvalue weighted by molar-refractivity contribution is 0.102. The van der Waals surface area contributed by atoms with Crippen LogP contribution in [0.15, 0.2) is 42.7 Å². The molecule has 10 heteroatoms. The topological polar surface area (TPSA) is 98.9 Å². The Morgan fingerprint density at radius 2 is 2.03 bits per heavy atom. The molecule has 2 aromatic heterocycles. The van der Waals surface area contributed by atoms with Crippen LogP contribution in [0.1, 0.15) is 54.8 Å². The molecule has 1 aromatic carbocycles. The Hall–Kier alpha value is -2.65. The monoisotopic (exact) mass is 475 g/mol. The normalized spacial score (nSPS) is 18.1. The quantitative estimate of drug-likeness (QED) is 0.606. The van der Waals surface area contributed by atoms with Gasteiger partial charge in [-0.05, 0) is 18.1 Å². The number of hydrogen-bond donors (Lipinski definition) is 1. The van der Waals surface area contributed by atoms with Gasteiger partial charge in [-0.1, -0.05) is 50.6 Å². The van der Waals surface area contributed by atoms with E-state index >= 15 is 0 Å². The number of halogens is 1. The molecule has 1 aliphatic rings. The molecule has 0 saturated carbocycles. The molecule has 8 nitrogen and oxygen atoms in total. The summed E-state index contributed by atoms with van der Waals surface area (Å²) in [7, 11) is -3.09. The highest BCUT2D eigenvalue weighted by Crippen LogP contribution is 2.31. The van der Waals surface area contributed by atoms with E-state index in [1.165, 1.54) is 6.20 Å². The zero-order valence-corrected chi connectivity index (χ0v) is 19.8. The first-order valence-corrected chi connectivity index (χ1v) is 12.6. The summed E-state index contributed by atoms with van der Waals surface area (Å²) in [5.41, 5.74) is 1.83. The summed E-state index contributed by atoms with van der Waals surface area (Å²) in [6, 6.07) is 9.00. The molecule has 1 aliphatic heterocycles. The van der Waals surface area contributed by atoms with Gasteiger partial charge in [-0.25, -0.2) is 13.1 Å². The van der Waals surface area contributed by atoms with Crippen molar-refractivity contribution in [2.45, 2.75) is 45.2 Å². The van der Waals surface area contributed by atoms with Crippen LogP contribution in [0, 0.1) is 0 Å². The molecule has 32 heavy (non-hydrogen) atoms. The summed E-state index contributed by atoms with van der Waals surface area (Å²) in [6.45, 7) is 6.51. The maximum absolute atomic E-state index is 13.0. The fourth-order valence-corrected chi connectivity index (χ4v) is 5.55. The van der Waals surface area contributed by atoms with Crippen LogP contribution in [-0.2, 0) is 21.8 Å². The van der Waals surface area contributed by atoms with Crippen molar-refractivity contribution in [1.82, 2.24) is 19.6 Å². The van der Waals surface area contributed by atoms with E-state index in [4.69, 9.17) is 11.6 Å². The van der Waals surface area contributed by atoms with Crippen molar-refractivity contribution in [2.24, 2.45) is 0 Å². The second-order valence-electron chi connectivity index (χ2n) is 9.14. The summed E-state index contributed by atoms with van der Waals surface area (Å²) >= 11 is 6.22. The van der Waals surface area contributed by atoms with Crippen molar-refractivity contribution in [1.29, 1.82) is 0 Å². The van der Waals surface area contributed by atoms with Crippen molar-refractivity contribution in [2.75, 3.05) is 16.8 Å². The first-order valence-electron chi connectivity index (χ1n) is 10.4. The largest absolute Gasteiger partial charge is 0.307 e. The standard InChI is InChI=1S/C22H26ClN5O3S/c1-22(2,3)19-10-20(28(26-19)17-8-9-32(30,31)14-17)25-21(29)16-11-24-27(13-16)12-15-6-4-5-7-18(15)23/h4-7,10-11,13,17H,8-9,12,14H2,1-3H3,(H,25,29). The molecule has 1 N–H and O–H groups in total. The molecule has 0 aliphatic carbocycles. The number of hydrogen-bond acceptors (Lipinski definition) is 5. The third-order valence-corrected chi connectivity index (χ3v) is 7.60. The van der Waals surface area contributed by atoms with E-state index in [1.807, 2.05) is 51.1 Å². The van der Waals surface area contributed by atoms with Gasteiger partial charge >= 0.3 is 0 Å². The minimum absolute atomic E-state index is 0.0247. The Labute approximate surface area is 192 Å². The van der Waals surface area contributed by atoms with Crippen LogP contribution >= 0.6 is 11.6 Å².